The third kappa shape index (κ3) is 4.70. The Labute approximate surface area is 113 Å². The van der Waals surface area contributed by atoms with E-state index in [0.717, 1.165) is 0 Å². The SMILES string of the molecule is CCN(CC(=O)NC(C)C)c1cc(NN)nc(C)n1. The van der Waals surface area contributed by atoms with E-state index in [1.54, 1.807) is 13.0 Å². The van der Waals surface area contributed by atoms with Crippen LogP contribution in [0, 0.1) is 6.92 Å². The molecule has 0 saturated heterocycles. The molecule has 7 heteroatoms. The van der Waals surface area contributed by atoms with Crippen molar-refractivity contribution in [2.75, 3.05) is 23.4 Å². The van der Waals surface area contributed by atoms with E-state index in [-0.39, 0.29) is 18.5 Å². The maximum atomic E-state index is 11.8. The van der Waals surface area contributed by atoms with Gasteiger partial charge in [-0.3, -0.25) is 4.79 Å². The maximum Gasteiger partial charge on any atom is 0.239 e. The molecule has 0 atom stereocenters. The van der Waals surface area contributed by atoms with Crippen LogP contribution in [-0.2, 0) is 4.79 Å². The quantitative estimate of drug-likeness (QED) is 0.510. The van der Waals surface area contributed by atoms with Crippen molar-refractivity contribution in [3.63, 3.8) is 0 Å². The van der Waals surface area contributed by atoms with E-state index >= 15 is 0 Å². The van der Waals surface area contributed by atoms with Gasteiger partial charge in [0.15, 0.2) is 0 Å². The van der Waals surface area contributed by atoms with E-state index in [9.17, 15) is 4.79 Å². The van der Waals surface area contributed by atoms with Crippen LogP contribution < -0.4 is 21.5 Å². The lowest BCUT2D eigenvalue weighted by molar-refractivity contribution is -0.120. The zero-order valence-corrected chi connectivity index (χ0v) is 11.9. The summed E-state index contributed by atoms with van der Waals surface area (Å²) in [5.74, 6) is 7.15. The standard InChI is InChI=1S/C12H22N6O/c1-5-18(7-12(19)14-8(2)3)11-6-10(17-13)15-9(4)16-11/h6,8H,5,7,13H2,1-4H3,(H,14,19)(H,15,16,17). The summed E-state index contributed by atoms with van der Waals surface area (Å²) in [6, 6.07) is 1.85. The molecule has 0 aliphatic rings. The Morgan fingerprint density at radius 1 is 1.47 bits per heavy atom. The van der Waals surface area contributed by atoms with Gasteiger partial charge in [-0.25, -0.2) is 15.8 Å². The normalized spacial score (nSPS) is 10.4. The molecule has 0 spiro atoms. The summed E-state index contributed by atoms with van der Waals surface area (Å²) < 4.78 is 0. The Balaban J connectivity index is 2.84. The van der Waals surface area contributed by atoms with Crippen molar-refractivity contribution < 1.29 is 4.79 Å². The molecule has 0 unspecified atom stereocenters. The Bertz CT molecular complexity index is 434. The van der Waals surface area contributed by atoms with Gasteiger partial charge < -0.3 is 15.6 Å². The van der Waals surface area contributed by atoms with E-state index in [4.69, 9.17) is 5.84 Å². The molecule has 106 valence electrons. The van der Waals surface area contributed by atoms with E-state index in [2.05, 4.69) is 20.7 Å². The zero-order chi connectivity index (χ0) is 14.4. The van der Waals surface area contributed by atoms with Crippen LogP contribution in [0.1, 0.15) is 26.6 Å². The summed E-state index contributed by atoms with van der Waals surface area (Å²) in [6.45, 7) is 8.54. The van der Waals surface area contributed by atoms with Crippen molar-refractivity contribution >= 4 is 17.5 Å². The summed E-state index contributed by atoms with van der Waals surface area (Å²) >= 11 is 0. The minimum atomic E-state index is -0.0321. The van der Waals surface area contributed by atoms with Crippen molar-refractivity contribution in [3.05, 3.63) is 11.9 Å². The predicted molar refractivity (Wildman–Crippen MR) is 75.7 cm³/mol. The van der Waals surface area contributed by atoms with Crippen molar-refractivity contribution in [1.82, 2.24) is 15.3 Å². The van der Waals surface area contributed by atoms with Gasteiger partial charge in [-0.1, -0.05) is 0 Å². The third-order valence-corrected chi connectivity index (χ3v) is 2.46. The highest BCUT2D eigenvalue weighted by atomic mass is 16.2. The highest BCUT2D eigenvalue weighted by Gasteiger charge is 2.13. The molecule has 1 rings (SSSR count). The fourth-order valence-electron chi connectivity index (χ4n) is 1.68. The summed E-state index contributed by atoms with van der Waals surface area (Å²) in [5.41, 5.74) is 2.49. The molecule has 4 N–H and O–H groups in total. The molecule has 0 saturated carbocycles. The van der Waals surface area contributed by atoms with Crippen LogP contribution in [0.3, 0.4) is 0 Å². The number of amides is 1. The number of aromatic nitrogens is 2. The molecule has 0 aliphatic heterocycles. The molecule has 1 amide bonds. The minimum absolute atomic E-state index is 0.0321. The second-order valence-electron chi connectivity index (χ2n) is 4.54. The van der Waals surface area contributed by atoms with Crippen LogP contribution in [0.5, 0.6) is 0 Å². The number of nitrogen functional groups attached to an aromatic ring is 1. The van der Waals surface area contributed by atoms with E-state index in [1.165, 1.54) is 0 Å². The summed E-state index contributed by atoms with van der Waals surface area (Å²) in [5, 5.41) is 2.86. The number of carbonyl (C=O) groups excluding carboxylic acids is 1. The molecule has 0 radical (unpaired) electrons. The largest absolute Gasteiger partial charge is 0.352 e. The van der Waals surface area contributed by atoms with Crippen molar-refractivity contribution in [2.45, 2.75) is 33.7 Å². The first-order chi connectivity index (χ1) is 8.96. The first-order valence-electron chi connectivity index (χ1n) is 6.32. The molecule has 0 aromatic carbocycles. The fourth-order valence-corrected chi connectivity index (χ4v) is 1.68. The van der Waals surface area contributed by atoms with Crippen molar-refractivity contribution in [1.29, 1.82) is 0 Å². The van der Waals surface area contributed by atoms with Gasteiger partial charge in [0, 0.05) is 18.7 Å². The number of carbonyl (C=O) groups is 1. The lowest BCUT2D eigenvalue weighted by Crippen LogP contribution is -2.40. The number of anilines is 2. The fraction of sp³-hybridized carbons (Fsp3) is 0.583. The molecule has 0 fully saturated rings. The molecule has 1 aromatic rings. The molecule has 0 bridgehead atoms. The number of nitrogens with two attached hydrogens (primary N) is 1. The second-order valence-corrected chi connectivity index (χ2v) is 4.54. The number of nitrogens with zero attached hydrogens (tertiary/aromatic N) is 3. The Morgan fingerprint density at radius 2 is 2.16 bits per heavy atom. The van der Waals surface area contributed by atoms with Crippen LogP contribution in [-0.4, -0.2) is 35.0 Å². The Kier molecular flexibility index (Phi) is 5.50. The van der Waals surface area contributed by atoms with Crippen LogP contribution in [0.25, 0.3) is 0 Å². The first-order valence-corrected chi connectivity index (χ1v) is 6.32. The molecule has 0 aliphatic carbocycles. The lowest BCUT2D eigenvalue weighted by Gasteiger charge is -2.22. The molecule has 1 heterocycles. The Hall–Kier alpha value is -1.89. The van der Waals surface area contributed by atoms with Gasteiger partial charge in [0.2, 0.25) is 5.91 Å². The number of likely N-dealkylation sites (N-methyl/N-ethyl adjacent to an activating group) is 1. The second kappa shape index (κ2) is 6.89. The van der Waals surface area contributed by atoms with Gasteiger partial charge in [0.25, 0.3) is 0 Å². The number of hydrogen-bond acceptors (Lipinski definition) is 6. The highest BCUT2D eigenvalue weighted by Crippen LogP contribution is 2.14. The first kappa shape index (κ1) is 15.2. The number of nitrogens with one attached hydrogen (secondary N) is 2. The molecular weight excluding hydrogens is 244 g/mol. The van der Waals surface area contributed by atoms with Gasteiger partial charge >= 0.3 is 0 Å². The lowest BCUT2D eigenvalue weighted by atomic mass is 10.3. The Morgan fingerprint density at radius 3 is 2.68 bits per heavy atom. The van der Waals surface area contributed by atoms with Gasteiger partial charge in [-0.2, -0.15) is 0 Å². The molecular formula is C12H22N6O. The van der Waals surface area contributed by atoms with Gasteiger partial charge in [0.05, 0.1) is 6.54 Å². The van der Waals surface area contributed by atoms with Crippen LogP contribution in [0.4, 0.5) is 11.6 Å². The topological polar surface area (TPSA) is 96.2 Å². The third-order valence-electron chi connectivity index (χ3n) is 2.46. The summed E-state index contributed by atoms with van der Waals surface area (Å²) in [7, 11) is 0. The molecule has 7 nitrogen and oxygen atoms in total. The van der Waals surface area contributed by atoms with E-state index < -0.39 is 0 Å². The summed E-state index contributed by atoms with van der Waals surface area (Å²) in [4.78, 5) is 22.1. The van der Waals surface area contributed by atoms with Crippen molar-refractivity contribution in [3.8, 4) is 0 Å². The maximum absolute atomic E-state index is 11.8. The number of rotatable bonds is 6. The summed E-state index contributed by atoms with van der Waals surface area (Å²) in [6.07, 6.45) is 0. The number of aryl methyl sites for hydroxylation is 1. The number of hydrazine groups is 1. The van der Waals surface area contributed by atoms with Crippen LogP contribution in [0.2, 0.25) is 0 Å². The smallest absolute Gasteiger partial charge is 0.239 e. The number of hydrogen-bond donors (Lipinski definition) is 3. The minimum Gasteiger partial charge on any atom is -0.352 e. The monoisotopic (exact) mass is 266 g/mol. The van der Waals surface area contributed by atoms with Crippen LogP contribution in [0.15, 0.2) is 6.07 Å². The molecule has 19 heavy (non-hydrogen) atoms. The average molecular weight is 266 g/mol. The van der Waals surface area contributed by atoms with E-state index in [1.807, 2.05) is 25.7 Å². The predicted octanol–water partition coefficient (Wildman–Crippen LogP) is 0.422. The highest BCUT2D eigenvalue weighted by molar-refractivity contribution is 5.81. The average Bonchev–Trinajstić information content (AvgIpc) is 2.34. The molecule has 1 aromatic heterocycles. The van der Waals surface area contributed by atoms with Gasteiger partial charge in [0.1, 0.15) is 17.5 Å². The van der Waals surface area contributed by atoms with Crippen LogP contribution >= 0.6 is 0 Å². The van der Waals surface area contributed by atoms with E-state index in [0.29, 0.717) is 24.0 Å². The van der Waals surface area contributed by atoms with Crippen molar-refractivity contribution in [2.24, 2.45) is 5.84 Å². The van der Waals surface area contributed by atoms with Gasteiger partial charge in [-0.15, -0.1) is 0 Å². The van der Waals surface area contributed by atoms with Gasteiger partial charge in [-0.05, 0) is 27.7 Å². The zero-order valence-electron chi connectivity index (χ0n) is 11.9.